The topological polar surface area (TPSA) is 14.7 Å². The van der Waals surface area contributed by atoms with Crippen molar-refractivity contribution in [1.29, 1.82) is 0 Å². The van der Waals surface area contributed by atoms with Crippen molar-refractivity contribution in [3.05, 3.63) is 368 Å². The van der Waals surface area contributed by atoms with Gasteiger partial charge in [0, 0.05) is 67.5 Å². The van der Waals surface area contributed by atoms with E-state index >= 15 is 0 Å². The summed E-state index contributed by atoms with van der Waals surface area (Å²) in [6.45, 7) is 28.3. The molecule has 19 rings (SSSR count). The molecule has 0 radical (unpaired) electrons. The van der Waals surface area contributed by atoms with Crippen LogP contribution >= 0.6 is 0 Å². The molecular weight excluding hydrogens is 1410 g/mol. The van der Waals surface area contributed by atoms with Crippen LogP contribution in [0.3, 0.4) is 0 Å². The molecule has 2 aliphatic heterocycles. The first-order chi connectivity index (χ1) is 56.5. The summed E-state index contributed by atoms with van der Waals surface area (Å²) in [4.78, 5) is 8.01. The predicted octanol–water partition coefficient (Wildman–Crippen LogP) is 29.6. The van der Waals surface area contributed by atoms with Crippen LogP contribution in [0.1, 0.15) is 149 Å². The Morgan fingerprint density at radius 2 is 0.641 bits per heavy atom. The zero-order chi connectivity index (χ0) is 80.2. The van der Waals surface area contributed by atoms with E-state index in [-0.39, 0.29) is 28.4 Å². The van der Waals surface area contributed by atoms with Crippen molar-refractivity contribution in [2.24, 2.45) is 0 Å². The average molecular weight is 1520 g/mol. The summed E-state index contributed by atoms with van der Waals surface area (Å²) in [6, 6.07) is 130. The standard InChI is InChI=1S/C112H103BN4/c1-109(2,3)87-67-88(110(4,5)6)70-94(69-87)114(95-71-89(111(7,8)9)68-90(72-95)112(10,11)12)93-55-59-100-105(73-93)116(92-51-43-79(44-52-92)74-31-19-13-20-32-74)106-65-86(78-39-27-17-28-40-78)66-107-108(106)113(100)99-58-49-85(64-104(99)117(107)101-60-50-82(75-33-21-14-22-34-75)61-98(101)81-41-29-18-30-42-81)80-45-53-91(54-46-80)115-102-62-83(76-35-23-15-24-36-76)47-56-96(102)97-57-48-84(63-103(97)115)77-37-25-16-26-38-77/h13-16,18-26,29-38,41-73,78H,17,27-28,39-40H2,1-12H3. The molecule has 0 N–H and O–H groups in total. The second kappa shape index (κ2) is 29.4. The molecule has 117 heavy (non-hydrogen) atoms. The molecule has 3 aliphatic rings. The largest absolute Gasteiger partial charge is 0.311 e. The molecule has 1 saturated carbocycles. The second-order valence-electron chi connectivity index (χ2n) is 37.3. The van der Waals surface area contributed by atoms with E-state index in [0.717, 1.165) is 58.1 Å². The molecule has 1 fully saturated rings. The molecule has 1 aliphatic carbocycles. The first-order valence-corrected chi connectivity index (χ1v) is 42.4. The number of aromatic nitrogens is 1. The summed E-state index contributed by atoms with van der Waals surface area (Å²) in [5.41, 5.74) is 38.1. The summed E-state index contributed by atoms with van der Waals surface area (Å²) in [5, 5.41) is 2.46. The highest BCUT2D eigenvalue weighted by Crippen LogP contribution is 2.53. The maximum absolute atomic E-state index is 2.71. The zero-order valence-corrected chi connectivity index (χ0v) is 69.8. The van der Waals surface area contributed by atoms with E-state index in [1.54, 1.807) is 0 Å². The van der Waals surface area contributed by atoms with E-state index in [4.69, 9.17) is 0 Å². The van der Waals surface area contributed by atoms with E-state index in [0.29, 0.717) is 5.92 Å². The molecule has 16 aromatic rings. The van der Waals surface area contributed by atoms with Gasteiger partial charge in [-0.15, -0.1) is 0 Å². The molecule has 0 atom stereocenters. The fraction of sp³-hybridized carbons (Fsp3) is 0.196. The third-order valence-electron chi connectivity index (χ3n) is 25.3. The Morgan fingerprint density at radius 3 is 1.11 bits per heavy atom. The Morgan fingerprint density at radius 1 is 0.274 bits per heavy atom. The molecular formula is C112H103BN4. The van der Waals surface area contributed by atoms with Crippen LogP contribution in [0.4, 0.5) is 51.2 Å². The fourth-order valence-corrected chi connectivity index (χ4v) is 18.7. The molecule has 0 bridgehead atoms. The highest BCUT2D eigenvalue weighted by atomic mass is 15.2. The Balaban J connectivity index is 0.874. The minimum atomic E-state index is -0.176. The summed E-state index contributed by atoms with van der Waals surface area (Å²) in [5.74, 6) is 0.370. The molecule has 15 aromatic carbocycles. The van der Waals surface area contributed by atoms with Crippen LogP contribution in [0.15, 0.2) is 340 Å². The predicted molar refractivity (Wildman–Crippen MR) is 503 cm³/mol. The lowest BCUT2D eigenvalue weighted by Gasteiger charge is -2.45. The van der Waals surface area contributed by atoms with Crippen molar-refractivity contribution in [3.63, 3.8) is 0 Å². The van der Waals surface area contributed by atoms with Gasteiger partial charge in [-0.25, -0.2) is 0 Å². The van der Waals surface area contributed by atoms with Crippen LogP contribution in [0.5, 0.6) is 0 Å². The van der Waals surface area contributed by atoms with E-state index < -0.39 is 0 Å². The molecule has 5 heteroatoms. The van der Waals surface area contributed by atoms with Crippen LogP contribution in [0, 0.1) is 0 Å². The van der Waals surface area contributed by atoms with E-state index in [9.17, 15) is 0 Å². The van der Waals surface area contributed by atoms with Gasteiger partial charge in [-0.05, 0) is 249 Å². The van der Waals surface area contributed by atoms with Crippen molar-refractivity contribution in [2.45, 2.75) is 143 Å². The Hall–Kier alpha value is -12.4. The summed E-state index contributed by atoms with van der Waals surface area (Å²) in [6.07, 6.45) is 5.97. The fourth-order valence-electron chi connectivity index (χ4n) is 18.7. The average Bonchev–Trinajstić information content (AvgIpc) is 1.47. The van der Waals surface area contributed by atoms with Gasteiger partial charge in [-0.2, -0.15) is 0 Å². The molecule has 0 unspecified atom stereocenters. The lowest BCUT2D eigenvalue weighted by molar-refractivity contribution is 0.444. The van der Waals surface area contributed by atoms with Crippen LogP contribution < -0.4 is 31.1 Å². The lowest BCUT2D eigenvalue weighted by atomic mass is 9.33. The number of anilines is 9. The minimum Gasteiger partial charge on any atom is -0.311 e. The number of hydrogen-bond donors (Lipinski definition) is 0. The molecule has 0 amide bonds. The van der Waals surface area contributed by atoms with Gasteiger partial charge in [-0.1, -0.05) is 339 Å². The number of fused-ring (bicyclic) bond motifs is 7. The molecule has 0 saturated heterocycles. The third kappa shape index (κ3) is 14.0. The number of benzene rings is 15. The van der Waals surface area contributed by atoms with Crippen molar-refractivity contribution in [2.75, 3.05) is 14.7 Å². The van der Waals surface area contributed by atoms with Gasteiger partial charge in [0.2, 0.25) is 0 Å². The zero-order valence-electron chi connectivity index (χ0n) is 69.8. The first kappa shape index (κ1) is 74.7. The summed E-state index contributed by atoms with van der Waals surface area (Å²) in [7, 11) is 0. The van der Waals surface area contributed by atoms with Gasteiger partial charge in [0.15, 0.2) is 0 Å². The maximum atomic E-state index is 2.71. The van der Waals surface area contributed by atoms with Crippen LogP contribution in [0.2, 0.25) is 0 Å². The SMILES string of the molecule is CC(C)(C)c1cc(N(c2cc(C(C)(C)C)cc(C(C)(C)C)c2)c2ccc3c(c2)N(c2ccc(-c4ccccc4)cc2)c2cc(C4CCCCC4)cc4c2B3c2ccc(-c3ccc(-n5c6cc(-c7ccccc7)ccc6c6ccc(-c7ccccc7)cc65)cc3)cc2N4c2ccc(-c3ccccc3)cc2-c2ccccc2)cc(C(C)(C)C)c1. The van der Waals surface area contributed by atoms with Crippen LogP contribution in [0.25, 0.3) is 94.3 Å². The van der Waals surface area contributed by atoms with Gasteiger partial charge < -0.3 is 19.3 Å². The van der Waals surface area contributed by atoms with Crippen molar-refractivity contribution >= 4 is 96.1 Å². The first-order valence-electron chi connectivity index (χ1n) is 42.4. The van der Waals surface area contributed by atoms with E-state index in [1.807, 2.05) is 0 Å². The number of rotatable bonds is 13. The molecule has 3 heterocycles. The van der Waals surface area contributed by atoms with Gasteiger partial charge in [0.05, 0.1) is 16.7 Å². The van der Waals surface area contributed by atoms with Crippen molar-refractivity contribution < 1.29 is 0 Å². The van der Waals surface area contributed by atoms with Crippen LogP contribution in [-0.4, -0.2) is 11.3 Å². The molecule has 0 spiro atoms. The highest BCUT2D eigenvalue weighted by molar-refractivity contribution is 7.00. The van der Waals surface area contributed by atoms with Crippen molar-refractivity contribution in [3.8, 4) is 72.4 Å². The van der Waals surface area contributed by atoms with Gasteiger partial charge in [-0.3, -0.25) is 0 Å². The minimum absolute atomic E-state index is 0.131. The van der Waals surface area contributed by atoms with Gasteiger partial charge in [0.1, 0.15) is 0 Å². The number of nitrogens with zero attached hydrogens (tertiary/aromatic N) is 4. The second-order valence-corrected chi connectivity index (χ2v) is 37.3. The third-order valence-corrected chi connectivity index (χ3v) is 25.3. The monoisotopic (exact) mass is 1510 g/mol. The Labute approximate surface area is 693 Å². The Bertz CT molecular complexity index is 6190. The highest BCUT2D eigenvalue weighted by Gasteiger charge is 2.45. The summed E-state index contributed by atoms with van der Waals surface area (Å²) >= 11 is 0. The van der Waals surface area contributed by atoms with Crippen LogP contribution in [-0.2, 0) is 21.7 Å². The quantitative estimate of drug-likeness (QED) is 0.107. The lowest BCUT2D eigenvalue weighted by Crippen LogP contribution is -2.61. The molecule has 1 aromatic heterocycles. The Kier molecular flexibility index (Phi) is 18.7. The maximum Gasteiger partial charge on any atom is 0.252 e. The van der Waals surface area contributed by atoms with E-state index in [2.05, 4.69) is 442 Å². The van der Waals surface area contributed by atoms with Crippen molar-refractivity contribution in [1.82, 2.24) is 4.57 Å². The number of hydrogen-bond acceptors (Lipinski definition) is 3. The van der Waals surface area contributed by atoms with Gasteiger partial charge >= 0.3 is 0 Å². The molecule has 4 nitrogen and oxygen atoms in total. The van der Waals surface area contributed by atoms with Gasteiger partial charge in [0.25, 0.3) is 6.71 Å². The normalized spacial score (nSPS) is 13.7. The smallest absolute Gasteiger partial charge is 0.252 e. The molecule has 574 valence electrons. The van der Waals surface area contributed by atoms with E-state index in [1.165, 1.54) is 164 Å². The summed E-state index contributed by atoms with van der Waals surface area (Å²) < 4.78 is 2.49.